The summed E-state index contributed by atoms with van der Waals surface area (Å²) in [4.78, 5) is 24.3. The fourth-order valence-corrected chi connectivity index (χ4v) is 5.28. The first-order valence-electron chi connectivity index (χ1n) is 9.83. The minimum Gasteiger partial charge on any atom is -0.479 e. The number of nitrogens with one attached hydrogen (secondary N) is 2. The van der Waals surface area contributed by atoms with Gasteiger partial charge in [-0.05, 0) is 59.1 Å². The van der Waals surface area contributed by atoms with Gasteiger partial charge in [-0.15, -0.1) is 0 Å². The lowest BCUT2D eigenvalue weighted by Crippen LogP contribution is -2.47. The molecule has 8 nitrogen and oxygen atoms in total. The maximum Gasteiger partial charge on any atom is 0.265 e. The van der Waals surface area contributed by atoms with Gasteiger partial charge in [0.15, 0.2) is 6.10 Å². The van der Waals surface area contributed by atoms with E-state index in [-0.39, 0.29) is 41.3 Å². The second kappa shape index (κ2) is 7.60. The Hall–Kier alpha value is -2.13. The second-order valence-corrected chi connectivity index (χ2v) is 10.7. The SMILES string of the molecule is Cc1cc2c(cc1S(=O)(=O)N1CCC(C(=O)NC(C)(C)C)CC1)O[C@@H](C)C(=O)N2. The molecule has 0 aliphatic carbocycles. The number of anilines is 1. The highest BCUT2D eigenvalue weighted by atomic mass is 32.2. The molecule has 0 unspecified atom stereocenters. The van der Waals surface area contributed by atoms with Crippen LogP contribution in [0.15, 0.2) is 17.0 Å². The summed E-state index contributed by atoms with van der Waals surface area (Å²) >= 11 is 0. The number of hydrogen-bond acceptors (Lipinski definition) is 5. The standard InChI is InChI=1S/C20H29N3O5S/c1-12-10-15-16(28-13(2)18(24)21-15)11-17(12)29(26,27)23-8-6-14(7-9-23)19(25)22-20(3,4)5/h10-11,13-14H,6-9H2,1-5H3,(H,21,24)(H,22,25)/t13-/m0/s1. The van der Waals surface area contributed by atoms with E-state index in [0.29, 0.717) is 29.8 Å². The van der Waals surface area contributed by atoms with Gasteiger partial charge in [0.1, 0.15) is 5.75 Å². The van der Waals surface area contributed by atoms with Gasteiger partial charge in [0, 0.05) is 30.6 Å². The zero-order valence-corrected chi connectivity index (χ0v) is 18.4. The van der Waals surface area contributed by atoms with Crippen LogP contribution >= 0.6 is 0 Å². The Kier molecular flexibility index (Phi) is 5.66. The van der Waals surface area contributed by atoms with Gasteiger partial charge in [0.05, 0.1) is 10.6 Å². The Morgan fingerprint density at radius 1 is 1.24 bits per heavy atom. The highest BCUT2D eigenvalue weighted by molar-refractivity contribution is 7.89. The van der Waals surface area contributed by atoms with E-state index in [1.54, 1.807) is 19.9 Å². The number of carbonyl (C=O) groups is 2. The van der Waals surface area contributed by atoms with E-state index in [9.17, 15) is 18.0 Å². The van der Waals surface area contributed by atoms with Gasteiger partial charge >= 0.3 is 0 Å². The van der Waals surface area contributed by atoms with E-state index in [2.05, 4.69) is 10.6 Å². The molecule has 160 valence electrons. The molecule has 2 N–H and O–H groups in total. The average Bonchev–Trinajstić information content (AvgIpc) is 2.61. The van der Waals surface area contributed by atoms with Gasteiger partial charge < -0.3 is 15.4 Å². The normalized spacial score (nSPS) is 21.1. The van der Waals surface area contributed by atoms with Crippen LogP contribution in [0.4, 0.5) is 5.69 Å². The molecule has 1 saturated heterocycles. The maximum absolute atomic E-state index is 13.2. The molecular weight excluding hydrogens is 394 g/mol. The molecule has 0 spiro atoms. The Morgan fingerprint density at radius 3 is 2.45 bits per heavy atom. The van der Waals surface area contributed by atoms with Crippen molar-refractivity contribution < 1.29 is 22.7 Å². The first-order chi connectivity index (χ1) is 13.4. The van der Waals surface area contributed by atoms with E-state index in [4.69, 9.17) is 4.74 Å². The summed E-state index contributed by atoms with van der Waals surface area (Å²) in [5, 5.41) is 5.70. The molecule has 9 heteroatoms. The largest absolute Gasteiger partial charge is 0.479 e. The first-order valence-corrected chi connectivity index (χ1v) is 11.3. The third-order valence-electron chi connectivity index (χ3n) is 5.15. The smallest absolute Gasteiger partial charge is 0.265 e. The van der Waals surface area contributed by atoms with Gasteiger partial charge in [-0.2, -0.15) is 4.31 Å². The first kappa shape index (κ1) is 21.6. The van der Waals surface area contributed by atoms with Crippen molar-refractivity contribution in [2.24, 2.45) is 5.92 Å². The van der Waals surface area contributed by atoms with Crippen molar-refractivity contribution >= 4 is 27.5 Å². The molecule has 2 aliphatic heterocycles. The quantitative estimate of drug-likeness (QED) is 0.774. The average molecular weight is 424 g/mol. The van der Waals surface area contributed by atoms with Crippen molar-refractivity contribution in [1.29, 1.82) is 0 Å². The number of ether oxygens (including phenoxy) is 1. The number of aryl methyl sites for hydroxylation is 1. The van der Waals surface area contributed by atoms with Crippen molar-refractivity contribution in [2.45, 2.75) is 64.0 Å². The Labute approximate surface area is 172 Å². The van der Waals surface area contributed by atoms with Crippen molar-refractivity contribution in [2.75, 3.05) is 18.4 Å². The van der Waals surface area contributed by atoms with Crippen LogP contribution in [-0.2, 0) is 19.6 Å². The van der Waals surface area contributed by atoms with Crippen LogP contribution in [0.1, 0.15) is 46.1 Å². The second-order valence-electron chi connectivity index (χ2n) is 8.78. The number of amides is 2. The summed E-state index contributed by atoms with van der Waals surface area (Å²) in [6.07, 6.45) is 0.279. The van der Waals surface area contributed by atoms with Crippen LogP contribution in [-0.4, -0.2) is 49.3 Å². The number of piperidine rings is 1. The lowest BCUT2D eigenvalue weighted by Gasteiger charge is -2.33. The van der Waals surface area contributed by atoms with Crippen LogP contribution < -0.4 is 15.4 Å². The molecule has 2 heterocycles. The fourth-order valence-electron chi connectivity index (χ4n) is 3.59. The van der Waals surface area contributed by atoms with Gasteiger partial charge in [-0.25, -0.2) is 8.42 Å². The molecule has 1 aromatic carbocycles. The molecule has 2 aliphatic rings. The van der Waals surface area contributed by atoms with Gasteiger partial charge in [0.25, 0.3) is 5.91 Å². The van der Waals surface area contributed by atoms with E-state index >= 15 is 0 Å². The Morgan fingerprint density at radius 2 is 1.86 bits per heavy atom. The number of hydrogen-bond donors (Lipinski definition) is 2. The van der Waals surface area contributed by atoms with E-state index in [1.165, 1.54) is 10.4 Å². The summed E-state index contributed by atoms with van der Waals surface area (Å²) in [7, 11) is -3.73. The van der Waals surface area contributed by atoms with Gasteiger partial charge in [0.2, 0.25) is 15.9 Å². The molecule has 29 heavy (non-hydrogen) atoms. The predicted octanol–water partition coefficient (Wildman–Crippen LogP) is 2.03. The third-order valence-corrected chi connectivity index (χ3v) is 7.19. The van der Waals surface area contributed by atoms with Crippen molar-refractivity contribution in [3.63, 3.8) is 0 Å². The van der Waals surface area contributed by atoms with Crippen molar-refractivity contribution in [1.82, 2.24) is 9.62 Å². The molecule has 3 rings (SSSR count). The molecule has 0 saturated carbocycles. The van der Waals surface area contributed by atoms with Gasteiger partial charge in [-0.1, -0.05) is 0 Å². The van der Waals surface area contributed by atoms with Crippen LogP contribution in [0, 0.1) is 12.8 Å². The van der Waals surface area contributed by atoms with E-state index in [0.717, 1.165) is 0 Å². The van der Waals surface area contributed by atoms with Gasteiger partial charge in [-0.3, -0.25) is 9.59 Å². The molecule has 1 fully saturated rings. The number of sulfonamides is 1. The molecule has 2 amide bonds. The monoisotopic (exact) mass is 423 g/mol. The summed E-state index contributed by atoms with van der Waals surface area (Å²) < 4.78 is 33.4. The third kappa shape index (κ3) is 4.56. The molecule has 1 aromatic rings. The highest BCUT2D eigenvalue weighted by Gasteiger charge is 2.35. The summed E-state index contributed by atoms with van der Waals surface area (Å²) in [5.74, 6) is -0.133. The molecular formula is C20H29N3O5S. The van der Waals surface area contributed by atoms with Crippen LogP contribution in [0.3, 0.4) is 0 Å². The zero-order chi connectivity index (χ0) is 21.6. The lowest BCUT2D eigenvalue weighted by molar-refractivity contribution is -0.127. The van der Waals surface area contributed by atoms with E-state index < -0.39 is 16.1 Å². The minimum absolute atomic E-state index is 0.0300. The minimum atomic E-state index is -3.73. The lowest BCUT2D eigenvalue weighted by atomic mass is 9.96. The molecule has 0 radical (unpaired) electrons. The zero-order valence-electron chi connectivity index (χ0n) is 17.5. The van der Waals surface area contributed by atoms with Crippen LogP contribution in [0.2, 0.25) is 0 Å². The number of nitrogens with zero attached hydrogens (tertiary/aromatic N) is 1. The Bertz CT molecular complexity index is 928. The Balaban J connectivity index is 1.76. The topological polar surface area (TPSA) is 105 Å². The molecule has 0 bridgehead atoms. The number of carbonyl (C=O) groups excluding carboxylic acids is 2. The van der Waals surface area contributed by atoms with Crippen LogP contribution in [0.25, 0.3) is 0 Å². The summed E-state index contributed by atoms with van der Waals surface area (Å²) in [5.41, 5.74) is 0.699. The number of rotatable bonds is 3. The molecule has 1 atom stereocenters. The summed E-state index contributed by atoms with van der Waals surface area (Å²) in [6, 6.07) is 3.10. The maximum atomic E-state index is 13.2. The summed E-state index contributed by atoms with van der Waals surface area (Å²) in [6.45, 7) is 9.66. The van der Waals surface area contributed by atoms with Crippen molar-refractivity contribution in [3.8, 4) is 5.75 Å². The fraction of sp³-hybridized carbons (Fsp3) is 0.600. The van der Waals surface area contributed by atoms with Crippen LogP contribution in [0.5, 0.6) is 5.75 Å². The van der Waals surface area contributed by atoms with Crippen molar-refractivity contribution in [3.05, 3.63) is 17.7 Å². The number of fused-ring (bicyclic) bond motifs is 1. The highest BCUT2D eigenvalue weighted by Crippen LogP contribution is 2.36. The number of benzene rings is 1. The predicted molar refractivity (Wildman–Crippen MR) is 109 cm³/mol. The van der Waals surface area contributed by atoms with E-state index in [1.807, 2.05) is 20.8 Å². The molecule has 0 aromatic heterocycles.